The average molecular weight is 279 g/mol. The average Bonchev–Trinajstić information content (AvgIpc) is 2.53. The summed E-state index contributed by atoms with van der Waals surface area (Å²) < 4.78 is 1.55. The molecule has 106 valence electrons. The molecule has 21 heavy (non-hydrogen) atoms. The van der Waals surface area contributed by atoms with Crippen LogP contribution in [0.5, 0.6) is 0 Å². The van der Waals surface area contributed by atoms with E-state index < -0.39 is 0 Å². The Bertz CT molecular complexity index is 823. The number of pyridine rings is 1. The lowest BCUT2D eigenvalue weighted by Gasteiger charge is -2.10. The second-order valence-electron chi connectivity index (χ2n) is 4.88. The Labute approximate surface area is 123 Å². The summed E-state index contributed by atoms with van der Waals surface area (Å²) in [7, 11) is 0. The van der Waals surface area contributed by atoms with E-state index in [1.54, 1.807) is 16.7 Å². The number of nitrogens with zero attached hydrogens (tertiary/aromatic N) is 2. The second kappa shape index (κ2) is 5.79. The molecule has 3 rings (SSSR count). The van der Waals surface area contributed by atoms with E-state index >= 15 is 0 Å². The zero-order valence-electron chi connectivity index (χ0n) is 11.9. The summed E-state index contributed by atoms with van der Waals surface area (Å²) in [5, 5.41) is 3.36. The number of aromatic nitrogens is 2. The molecule has 0 saturated carbocycles. The molecule has 2 heterocycles. The van der Waals surface area contributed by atoms with E-state index in [0.717, 1.165) is 17.8 Å². The van der Waals surface area contributed by atoms with Gasteiger partial charge in [0.25, 0.3) is 5.56 Å². The zero-order chi connectivity index (χ0) is 14.7. The molecule has 4 heteroatoms. The minimum Gasteiger partial charge on any atom is -0.379 e. The highest BCUT2D eigenvalue weighted by Gasteiger charge is 2.03. The molecule has 4 nitrogen and oxygen atoms in total. The molecule has 0 fully saturated rings. The second-order valence-corrected chi connectivity index (χ2v) is 4.88. The number of nitrogens with one attached hydrogen (secondary N) is 1. The van der Waals surface area contributed by atoms with Crippen LogP contribution in [0.3, 0.4) is 0 Å². The quantitative estimate of drug-likeness (QED) is 0.798. The molecule has 0 unspecified atom stereocenters. The number of benzene rings is 1. The third-order valence-corrected chi connectivity index (χ3v) is 3.48. The lowest BCUT2D eigenvalue weighted by Crippen LogP contribution is -2.16. The SMILES string of the molecule is CCc1ccccc1NCc1cc(=O)n2ccccc2n1. The molecule has 0 aliphatic carbocycles. The van der Waals surface area contributed by atoms with Crippen molar-refractivity contribution in [3.63, 3.8) is 0 Å². The molecule has 0 aliphatic heterocycles. The van der Waals surface area contributed by atoms with Gasteiger partial charge in [0.2, 0.25) is 0 Å². The van der Waals surface area contributed by atoms with Gasteiger partial charge in [0.05, 0.1) is 12.2 Å². The number of para-hydroxylation sites is 1. The largest absolute Gasteiger partial charge is 0.379 e. The van der Waals surface area contributed by atoms with Crippen LogP contribution in [0.4, 0.5) is 5.69 Å². The van der Waals surface area contributed by atoms with Crippen LogP contribution >= 0.6 is 0 Å². The fourth-order valence-electron chi connectivity index (χ4n) is 2.38. The first-order valence-electron chi connectivity index (χ1n) is 7.07. The van der Waals surface area contributed by atoms with Crippen molar-refractivity contribution in [2.45, 2.75) is 19.9 Å². The Hall–Kier alpha value is -2.62. The van der Waals surface area contributed by atoms with Crippen LogP contribution in [-0.2, 0) is 13.0 Å². The molecule has 0 atom stereocenters. The molecule has 3 aromatic rings. The minimum absolute atomic E-state index is 0.0545. The van der Waals surface area contributed by atoms with Crippen LogP contribution in [0.25, 0.3) is 5.65 Å². The topological polar surface area (TPSA) is 46.4 Å². The Morgan fingerprint density at radius 2 is 1.95 bits per heavy atom. The van der Waals surface area contributed by atoms with Gasteiger partial charge in [-0.1, -0.05) is 31.2 Å². The van der Waals surface area contributed by atoms with Gasteiger partial charge in [-0.2, -0.15) is 0 Å². The first-order valence-corrected chi connectivity index (χ1v) is 7.07. The molecular formula is C17H17N3O. The van der Waals surface area contributed by atoms with Crippen LogP contribution in [0.15, 0.2) is 59.5 Å². The molecule has 0 amide bonds. The van der Waals surface area contributed by atoms with Gasteiger partial charge < -0.3 is 5.32 Å². The third kappa shape index (κ3) is 2.79. The Morgan fingerprint density at radius 3 is 2.81 bits per heavy atom. The lowest BCUT2D eigenvalue weighted by atomic mass is 10.1. The summed E-state index contributed by atoms with van der Waals surface area (Å²) >= 11 is 0. The lowest BCUT2D eigenvalue weighted by molar-refractivity contribution is 0.968. The van der Waals surface area contributed by atoms with Crippen molar-refractivity contribution in [3.05, 3.63) is 76.3 Å². The normalized spacial score (nSPS) is 10.7. The highest BCUT2D eigenvalue weighted by molar-refractivity contribution is 5.51. The predicted molar refractivity (Wildman–Crippen MR) is 84.6 cm³/mol. The summed E-state index contributed by atoms with van der Waals surface area (Å²) in [6, 6.07) is 15.3. The third-order valence-electron chi connectivity index (χ3n) is 3.48. The van der Waals surface area contributed by atoms with Crippen molar-refractivity contribution in [2.24, 2.45) is 0 Å². The number of anilines is 1. The van der Waals surface area contributed by atoms with Gasteiger partial charge in [-0.15, -0.1) is 0 Å². The Morgan fingerprint density at radius 1 is 1.14 bits per heavy atom. The fraction of sp³-hybridized carbons (Fsp3) is 0.176. The van der Waals surface area contributed by atoms with Gasteiger partial charge in [0.1, 0.15) is 5.65 Å². The molecule has 0 aliphatic rings. The van der Waals surface area contributed by atoms with Gasteiger partial charge in [0.15, 0.2) is 0 Å². The molecule has 0 bridgehead atoms. The minimum atomic E-state index is -0.0545. The van der Waals surface area contributed by atoms with Gasteiger partial charge in [0, 0.05) is 18.0 Å². The molecule has 0 spiro atoms. The van der Waals surface area contributed by atoms with Crippen LogP contribution in [0, 0.1) is 0 Å². The number of rotatable bonds is 4. The van der Waals surface area contributed by atoms with Crippen molar-refractivity contribution in [1.82, 2.24) is 9.38 Å². The summed E-state index contributed by atoms with van der Waals surface area (Å²) in [5.41, 5.74) is 3.72. The van der Waals surface area contributed by atoms with Crippen LogP contribution in [0.2, 0.25) is 0 Å². The van der Waals surface area contributed by atoms with Gasteiger partial charge in [-0.25, -0.2) is 4.98 Å². The summed E-state index contributed by atoms with van der Waals surface area (Å²) in [6.45, 7) is 2.67. The summed E-state index contributed by atoms with van der Waals surface area (Å²) in [6.07, 6.45) is 2.70. The number of aryl methyl sites for hydroxylation is 1. The van der Waals surface area contributed by atoms with Crippen LogP contribution < -0.4 is 10.9 Å². The number of hydrogen-bond acceptors (Lipinski definition) is 3. The van der Waals surface area contributed by atoms with Crippen LogP contribution in [0.1, 0.15) is 18.2 Å². The van der Waals surface area contributed by atoms with Crippen molar-refractivity contribution < 1.29 is 0 Å². The van der Waals surface area contributed by atoms with Gasteiger partial charge in [-0.05, 0) is 30.2 Å². The van der Waals surface area contributed by atoms with E-state index in [2.05, 4.69) is 23.3 Å². The highest BCUT2D eigenvalue weighted by Crippen LogP contribution is 2.16. The molecule has 0 saturated heterocycles. The summed E-state index contributed by atoms with van der Waals surface area (Å²) in [4.78, 5) is 16.5. The van der Waals surface area contributed by atoms with Gasteiger partial charge in [-0.3, -0.25) is 9.20 Å². The van der Waals surface area contributed by atoms with E-state index in [0.29, 0.717) is 12.2 Å². The maximum Gasteiger partial charge on any atom is 0.258 e. The van der Waals surface area contributed by atoms with Crippen LogP contribution in [-0.4, -0.2) is 9.38 Å². The van der Waals surface area contributed by atoms with E-state index in [9.17, 15) is 4.79 Å². The standard InChI is InChI=1S/C17H17N3O/c1-2-13-7-3-4-8-15(13)18-12-14-11-17(21)20-10-6-5-9-16(20)19-14/h3-11,18H,2,12H2,1H3. The fourth-order valence-corrected chi connectivity index (χ4v) is 2.38. The smallest absolute Gasteiger partial charge is 0.258 e. The van der Waals surface area contributed by atoms with Crippen molar-refractivity contribution in [1.29, 1.82) is 0 Å². The maximum atomic E-state index is 12.0. The van der Waals surface area contributed by atoms with E-state index in [-0.39, 0.29) is 5.56 Å². The first-order chi connectivity index (χ1) is 10.3. The Balaban J connectivity index is 1.87. The highest BCUT2D eigenvalue weighted by atomic mass is 16.1. The van der Waals surface area contributed by atoms with E-state index in [1.165, 1.54) is 5.56 Å². The predicted octanol–water partition coefficient (Wildman–Crippen LogP) is 2.87. The molecule has 2 aromatic heterocycles. The molecular weight excluding hydrogens is 262 g/mol. The van der Waals surface area contributed by atoms with Crippen molar-refractivity contribution in [2.75, 3.05) is 5.32 Å². The van der Waals surface area contributed by atoms with Gasteiger partial charge >= 0.3 is 0 Å². The molecule has 1 aromatic carbocycles. The maximum absolute atomic E-state index is 12.0. The summed E-state index contributed by atoms with van der Waals surface area (Å²) in [5.74, 6) is 0. The number of fused-ring (bicyclic) bond motifs is 1. The Kier molecular flexibility index (Phi) is 3.69. The molecule has 1 N–H and O–H groups in total. The zero-order valence-corrected chi connectivity index (χ0v) is 11.9. The monoisotopic (exact) mass is 279 g/mol. The van der Waals surface area contributed by atoms with E-state index in [1.807, 2.05) is 36.4 Å². The molecule has 0 radical (unpaired) electrons. The van der Waals surface area contributed by atoms with Crippen molar-refractivity contribution >= 4 is 11.3 Å². The first kappa shape index (κ1) is 13.4. The van der Waals surface area contributed by atoms with E-state index in [4.69, 9.17) is 0 Å². The van der Waals surface area contributed by atoms with Crippen molar-refractivity contribution in [3.8, 4) is 0 Å². The number of hydrogen-bond donors (Lipinski definition) is 1.